The highest BCUT2D eigenvalue weighted by atomic mass is 32.2. The molecule has 9 nitrogen and oxygen atoms in total. The number of ether oxygens (including phenoxy) is 2. The Hall–Kier alpha value is -0.890. The molecule has 1 N–H and O–H groups in total. The molecule has 126 valence electrons. The lowest BCUT2D eigenvalue weighted by Gasteiger charge is -2.33. The topological polar surface area (TPSA) is 133 Å². The molecule has 5 unspecified atom stereocenters. The van der Waals surface area contributed by atoms with Crippen LogP contribution >= 0.6 is 0 Å². The molecule has 0 saturated carbocycles. The van der Waals surface area contributed by atoms with Crippen LogP contribution in [0.4, 0.5) is 8.78 Å². The minimum absolute atomic E-state index is 0.134. The summed E-state index contributed by atoms with van der Waals surface area (Å²) in [6.45, 7) is 1.11. The van der Waals surface area contributed by atoms with E-state index in [9.17, 15) is 30.4 Å². The number of alkyl halides is 2. The molecule has 0 aromatic carbocycles. The van der Waals surface area contributed by atoms with Gasteiger partial charge in [-0.3, -0.25) is 8.74 Å². The van der Waals surface area contributed by atoms with Gasteiger partial charge in [0.1, 0.15) is 23.6 Å². The van der Waals surface area contributed by atoms with Gasteiger partial charge in [0.25, 0.3) is 10.1 Å². The van der Waals surface area contributed by atoms with Gasteiger partial charge in [-0.1, -0.05) is 0 Å². The standard InChI is InChI=1S/C9H10F2O9S2/c1-8(19-7(12)9(10,11)22(15,16)17)4-2-3-5(18-4)6(8)20-21(3,13)14/h3-6H,2H2,1H3,(H,15,16,17). The van der Waals surface area contributed by atoms with Crippen LogP contribution in [0.1, 0.15) is 13.3 Å². The van der Waals surface area contributed by atoms with E-state index in [0.717, 1.165) is 6.92 Å². The van der Waals surface area contributed by atoms with Gasteiger partial charge in [0.05, 0.1) is 0 Å². The van der Waals surface area contributed by atoms with E-state index in [1.807, 2.05) is 0 Å². The molecule has 3 fully saturated rings. The summed E-state index contributed by atoms with van der Waals surface area (Å²) in [6, 6.07) is 0. The molecule has 0 spiro atoms. The largest absolute Gasteiger partial charge is 0.465 e. The number of fused-ring (bicyclic) bond motifs is 1. The molecule has 13 heteroatoms. The Bertz CT molecular complexity index is 745. The number of esters is 1. The van der Waals surface area contributed by atoms with Crippen molar-refractivity contribution < 1.29 is 48.6 Å². The second-order valence-corrected chi connectivity index (χ2v) is 8.68. The molecule has 22 heavy (non-hydrogen) atoms. The molecule has 3 rings (SSSR count). The van der Waals surface area contributed by atoms with Gasteiger partial charge in [0, 0.05) is 0 Å². The first kappa shape index (κ1) is 16.0. The summed E-state index contributed by atoms with van der Waals surface area (Å²) in [5, 5.41) is -6.16. The van der Waals surface area contributed by atoms with Crippen molar-refractivity contribution in [1.29, 1.82) is 0 Å². The molecule has 0 aliphatic carbocycles. The zero-order chi connectivity index (χ0) is 16.7. The van der Waals surface area contributed by atoms with E-state index in [0.29, 0.717) is 0 Å². The summed E-state index contributed by atoms with van der Waals surface area (Å²) in [5.41, 5.74) is -1.91. The van der Waals surface area contributed by atoms with Crippen LogP contribution in [-0.4, -0.2) is 61.8 Å². The molecule has 3 saturated heterocycles. The molecule has 2 bridgehead atoms. The van der Waals surface area contributed by atoms with Crippen LogP contribution in [0.5, 0.6) is 0 Å². The highest BCUT2D eigenvalue weighted by molar-refractivity contribution is 7.88. The molecular weight excluding hydrogens is 354 g/mol. The Morgan fingerprint density at radius 1 is 1.45 bits per heavy atom. The number of carbonyl (C=O) groups excluding carboxylic acids is 1. The predicted molar refractivity (Wildman–Crippen MR) is 61.9 cm³/mol. The van der Waals surface area contributed by atoms with Crippen molar-refractivity contribution in [2.75, 3.05) is 0 Å². The van der Waals surface area contributed by atoms with Gasteiger partial charge < -0.3 is 9.47 Å². The quantitative estimate of drug-likeness (QED) is 0.382. The Balaban J connectivity index is 1.90. The molecule has 5 atom stereocenters. The van der Waals surface area contributed by atoms with Crippen LogP contribution in [0, 0.1) is 0 Å². The fourth-order valence-electron chi connectivity index (χ4n) is 2.96. The lowest BCUT2D eigenvalue weighted by molar-refractivity contribution is -0.187. The predicted octanol–water partition coefficient (Wildman–Crippen LogP) is -0.963. The maximum absolute atomic E-state index is 13.3. The fraction of sp³-hybridized carbons (Fsp3) is 0.889. The summed E-state index contributed by atoms with van der Waals surface area (Å²) >= 11 is 0. The van der Waals surface area contributed by atoms with Crippen molar-refractivity contribution in [2.45, 2.75) is 47.8 Å². The summed E-state index contributed by atoms with van der Waals surface area (Å²) in [7, 11) is -10.0. The van der Waals surface area contributed by atoms with Crippen molar-refractivity contribution in [2.24, 2.45) is 0 Å². The molecule has 0 aromatic heterocycles. The van der Waals surface area contributed by atoms with Crippen LogP contribution in [-0.2, 0) is 38.7 Å². The van der Waals surface area contributed by atoms with Crippen LogP contribution in [0.25, 0.3) is 0 Å². The number of hydrogen-bond donors (Lipinski definition) is 1. The van der Waals surface area contributed by atoms with E-state index in [-0.39, 0.29) is 6.42 Å². The highest BCUT2D eigenvalue weighted by Gasteiger charge is 2.73. The van der Waals surface area contributed by atoms with Gasteiger partial charge in [-0.2, -0.15) is 25.6 Å². The molecule has 3 aliphatic heterocycles. The Morgan fingerprint density at radius 2 is 2.05 bits per heavy atom. The second kappa shape index (κ2) is 4.14. The van der Waals surface area contributed by atoms with Gasteiger partial charge >= 0.3 is 21.3 Å². The normalized spacial score (nSPS) is 42.5. The monoisotopic (exact) mass is 364 g/mol. The van der Waals surface area contributed by atoms with Crippen LogP contribution in [0.2, 0.25) is 0 Å². The third-order valence-electron chi connectivity index (χ3n) is 4.12. The molecule has 0 aromatic rings. The van der Waals surface area contributed by atoms with E-state index >= 15 is 0 Å². The average Bonchev–Trinajstić information content (AvgIpc) is 2.92. The molecule has 3 heterocycles. The number of hydrogen-bond acceptors (Lipinski definition) is 8. The van der Waals surface area contributed by atoms with Crippen molar-refractivity contribution in [1.82, 2.24) is 0 Å². The number of carbonyl (C=O) groups is 1. The van der Waals surface area contributed by atoms with E-state index < -0.39 is 60.6 Å². The van der Waals surface area contributed by atoms with Gasteiger partial charge in [-0.15, -0.1) is 0 Å². The lowest BCUT2D eigenvalue weighted by atomic mass is 9.83. The third-order valence-corrected chi connectivity index (χ3v) is 6.61. The Morgan fingerprint density at radius 3 is 2.59 bits per heavy atom. The summed E-state index contributed by atoms with van der Waals surface area (Å²) < 4.78 is 93.9. The first-order valence-corrected chi connectivity index (χ1v) is 8.88. The van der Waals surface area contributed by atoms with Crippen molar-refractivity contribution in [3.8, 4) is 0 Å². The van der Waals surface area contributed by atoms with Crippen LogP contribution in [0.15, 0.2) is 0 Å². The van der Waals surface area contributed by atoms with E-state index in [2.05, 4.69) is 4.74 Å². The minimum Gasteiger partial charge on any atom is -0.448 e. The van der Waals surface area contributed by atoms with Crippen molar-refractivity contribution >= 4 is 26.2 Å². The van der Waals surface area contributed by atoms with Gasteiger partial charge in [0.15, 0.2) is 5.60 Å². The van der Waals surface area contributed by atoms with E-state index in [1.165, 1.54) is 0 Å². The third kappa shape index (κ3) is 1.86. The maximum atomic E-state index is 13.3. The maximum Gasteiger partial charge on any atom is 0.465 e. The van der Waals surface area contributed by atoms with Crippen LogP contribution in [0.3, 0.4) is 0 Å². The zero-order valence-corrected chi connectivity index (χ0v) is 12.4. The Labute approximate surface area is 123 Å². The van der Waals surface area contributed by atoms with Gasteiger partial charge in [0.2, 0.25) is 0 Å². The van der Waals surface area contributed by atoms with Crippen molar-refractivity contribution in [3.05, 3.63) is 0 Å². The fourth-order valence-corrected chi connectivity index (χ4v) is 4.89. The number of rotatable bonds is 3. The first-order valence-electron chi connectivity index (χ1n) is 5.96. The molecule has 0 amide bonds. The molecule has 3 aliphatic rings. The first-order chi connectivity index (χ1) is 9.81. The van der Waals surface area contributed by atoms with Crippen LogP contribution < -0.4 is 0 Å². The summed E-state index contributed by atoms with van der Waals surface area (Å²) in [5.74, 6) is -2.53. The van der Waals surface area contributed by atoms with E-state index in [4.69, 9.17) is 13.5 Å². The second-order valence-electron chi connectivity index (χ2n) is 5.44. The summed E-state index contributed by atoms with van der Waals surface area (Å²) in [4.78, 5) is 11.4. The van der Waals surface area contributed by atoms with E-state index in [1.54, 1.807) is 0 Å². The highest BCUT2D eigenvalue weighted by Crippen LogP contribution is 2.53. The Kier molecular flexibility index (Phi) is 3.01. The molecular formula is C9H10F2O9S2. The summed E-state index contributed by atoms with van der Waals surface area (Å²) in [6.07, 6.45) is -3.49. The molecule has 0 radical (unpaired) electrons. The smallest absolute Gasteiger partial charge is 0.448 e. The average molecular weight is 364 g/mol. The van der Waals surface area contributed by atoms with Crippen molar-refractivity contribution in [3.63, 3.8) is 0 Å². The van der Waals surface area contributed by atoms with Gasteiger partial charge in [-0.25, -0.2) is 4.79 Å². The zero-order valence-electron chi connectivity index (χ0n) is 10.8. The lowest BCUT2D eigenvalue weighted by Crippen LogP contribution is -2.55. The minimum atomic E-state index is -6.03. The number of halogens is 2. The SMILES string of the molecule is CC1(OC(=O)C(F)(F)S(=O)(=O)O)C2CC3C(O2)C1OS3(=O)=O. The van der Waals surface area contributed by atoms with Gasteiger partial charge in [-0.05, 0) is 13.3 Å².